The Balaban J connectivity index is 0.000000223. The van der Waals surface area contributed by atoms with Crippen molar-refractivity contribution in [2.75, 3.05) is 112 Å². The molecule has 6 N–H and O–H groups in total. The summed E-state index contributed by atoms with van der Waals surface area (Å²) in [6.45, 7) is 23.8. The lowest BCUT2D eigenvalue weighted by Crippen LogP contribution is -2.46. The zero-order valence-electron chi connectivity index (χ0n) is 53.9. The highest BCUT2D eigenvalue weighted by Crippen LogP contribution is 2.47. The van der Waals surface area contributed by atoms with Gasteiger partial charge in [-0.15, -0.1) is 15.3 Å². The third-order valence-corrected chi connectivity index (χ3v) is 17.8. The molecule has 492 valence electrons. The fraction of sp³-hybridized carbons (Fsp3) is 0.343. The van der Waals surface area contributed by atoms with Crippen molar-refractivity contribution < 1.29 is 37.6 Å². The largest absolute Gasteiger partial charge is 0.331 e. The molecule has 26 heteroatoms. The molecule has 0 unspecified atom stereocenters. The van der Waals surface area contributed by atoms with Gasteiger partial charge in [0.15, 0.2) is 0 Å². The zero-order chi connectivity index (χ0) is 66.4. The van der Waals surface area contributed by atoms with Crippen molar-refractivity contribution >= 4 is 83.6 Å². The molecule has 2 aliphatic rings. The van der Waals surface area contributed by atoms with Crippen LogP contribution in [0.25, 0.3) is 22.5 Å². The van der Waals surface area contributed by atoms with E-state index in [1.54, 1.807) is 37.2 Å². The Morgan fingerprint density at radius 3 is 1.30 bits per heavy atom. The highest BCUT2D eigenvalue weighted by atomic mass is 79.9. The fourth-order valence-corrected chi connectivity index (χ4v) is 12.2. The van der Waals surface area contributed by atoms with Gasteiger partial charge in [0.05, 0.1) is 36.9 Å². The van der Waals surface area contributed by atoms with Crippen molar-refractivity contribution in [1.82, 2.24) is 49.5 Å². The monoisotopic (exact) mass is 1380 g/mol. The quantitative estimate of drug-likeness (QED) is 0.0186. The van der Waals surface area contributed by atoms with Crippen LogP contribution in [0.1, 0.15) is 56.8 Å². The summed E-state index contributed by atoms with van der Waals surface area (Å²) in [5, 5.41) is 12.5. The predicted molar refractivity (Wildman–Crippen MR) is 377 cm³/mol. The van der Waals surface area contributed by atoms with Gasteiger partial charge >= 0.3 is 15.2 Å². The van der Waals surface area contributed by atoms with Crippen molar-refractivity contribution in [3.63, 3.8) is 0 Å². The van der Waals surface area contributed by atoms with Crippen molar-refractivity contribution in [2.24, 2.45) is 0 Å². The number of carbonyl (C=O) groups is 2. The highest BCUT2D eigenvalue weighted by Gasteiger charge is 2.27. The molecule has 2 fully saturated rings. The minimum atomic E-state index is -3.97. The predicted octanol–water partition coefficient (Wildman–Crippen LogP) is 12.6. The first-order valence-electron chi connectivity index (χ1n) is 31.1. The van der Waals surface area contributed by atoms with Crippen LogP contribution < -0.4 is 21.3 Å². The van der Waals surface area contributed by atoms with Crippen molar-refractivity contribution in [2.45, 2.75) is 60.4 Å². The third-order valence-electron chi connectivity index (χ3n) is 14.9. The van der Waals surface area contributed by atoms with Crippen LogP contribution in [0.3, 0.4) is 0 Å². The standard InChI is InChI=1S/C34H42N7O4P.C30H34N7O4P.C3H9BrSi/c1-4-44-46(43,45-5-2)22-21-40-17-19-41(20-18-40)25-27-9-11-28(12-10-27)33(42)37-30-13-8-26(3)32(23-30)39-34-36-16-14-31(38-34)29-7-6-15-35-24-29;1-22-4-9-26(19-28(22)35-30-32-12-10-27(34-30)25-3-2-11-31-20-25)33-29(38)24-7-5-23(6-8-24)21-37-15-13-36(14-16-37)17-18-42(39,40)41;1-5(2,3)4/h6-16,23-24H,4-5,17-22,25H2,1-3H3,(H,37,42)(H,36,38,39);2-12,19-20H,13-18,21H2,1H3,(H,33,38)(H,32,34,35)(H2,39,40,41);1-3H3. The number of aromatic nitrogens is 6. The van der Waals surface area contributed by atoms with E-state index >= 15 is 0 Å². The summed E-state index contributed by atoms with van der Waals surface area (Å²) in [5.41, 5.74) is 11.6. The molecular formula is C67H85BrN14O8P2Si. The molecule has 0 aliphatic carbocycles. The number of benzene rings is 4. The first-order chi connectivity index (χ1) is 44.6. The van der Waals surface area contributed by atoms with Gasteiger partial charge in [-0.1, -0.05) is 56.0 Å². The number of pyridine rings is 2. The normalized spacial score (nSPS) is 14.2. The smallest absolute Gasteiger partial charge is 0.324 e. The van der Waals surface area contributed by atoms with E-state index in [1.807, 2.05) is 149 Å². The van der Waals surface area contributed by atoms with E-state index in [9.17, 15) is 18.7 Å². The number of nitrogens with zero attached hydrogens (tertiary/aromatic N) is 10. The molecule has 22 nitrogen and oxygen atoms in total. The van der Waals surface area contributed by atoms with Gasteiger partial charge in [0.25, 0.3) is 11.8 Å². The van der Waals surface area contributed by atoms with E-state index in [1.165, 1.54) is 0 Å². The van der Waals surface area contributed by atoms with E-state index in [-0.39, 0.29) is 18.0 Å². The molecule has 2 saturated heterocycles. The molecule has 4 aromatic heterocycles. The maximum atomic E-state index is 13.1. The second-order valence-corrected chi connectivity index (χ2v) is 38.7. The Bertz CT molecular complexity index is 3770. The van der Waals surface area contributed by atoms with Gasteiger partial charge in [0.1, 0.15) is 6.69 Å². The summed E-state index contributed by atoms with van der Waals surface area (Å²) < 4.78 is 34.7. The Morgan fingerprint density at radius 2 is 0.935 bits per heavy atom. The zero-order valence-corrected chi connectivity index (χ0v) is 58.3. The van der Waals surface area contributed by atoms with Crippen LogP contribution in [-0.4, -0.2) is 169 Å². The molecule has 93 heavy (non-hydrogen) atoms. The molecule has 4 aromatic carbocycles. The molecule has 2 aliphatic heterocycles. The summed E-state index contributed by atoms with van der Waals surface area (Å²) in [4.78, 5) is 79.7. The van der Waals surface area contributed by atoms with E-state index in [4.69, 9.17) is 18.8 Å². The van der Waals surface area contributed by atoms with Gasteiger partial charge in [-0.05, 0) is 135 Å². The fourth-order valence-electron chi connectivity index (χ4n) is 9.98. The van der Waals surface area contributed by atoms with E-state index < -0.39 is 21.9 Å². The van der Waals surface area contributed by atoms with E-state index in [2.05, 4.69) is 106 Å². The summed E-state index contributed by atoms with van der Waals surface area (Å²) in [6, 6.07) is 38.0. The van der Waals surface area contributed by atoms with Crippen LogP contribution in [0, 0.1) is 13.8 Å². The maximum Gasteiger partial charge on any atom is 0.331 e. The van der Waals surface area contributed by atoms with E-state index in [0.29, 0.717) is 66.9 Å². The van der Waals surface area contributed by atoms with Crippen LogP contribution in [-0.2, 0) is 31.3 Å². The number of piperazine rings is 2. The summed E-state index contributed by atoms with van der Waals surface area (Å²) in [5.74, 6) is 0.519. The molecule has 0 radical (unpaired) electrons. The molecule has 0 bridgehead atoms. The number of amides is 2. The van der Waals surface area contributed by atoms with Crippen molar-refractivity contribution in [3.8, 4) is 22.5 Å². The topological polar surface area (TPSA) is 266 Å². The minimum absolute atomic E-state index is 0.105. The first kappa shape index (κ1) is 71.6. The number of hydrogen-bond acceptors (Lipinski definition) is 18. The average Bonchev–Trinajstić information content (AvgIpc) is 2.78. The Kier molecular flexibility index (Phi) is 26.7. The SMILES string of the molecule is CCOP(=O)(CCN1CCN(Cc2ccc(C(=O)Nc3ccc(C)c(Nc4nccc(-c5cccnc5)n4)c3)cc2)CC1)OCC.C[Si](C)(C)Br.Cc1ccc(NC(=O)c2ccc(CN3CCN(CCP(=O)(O)O)CC3)cc2)cc1Nc1nccc(-c2cccnc2)n1. The van der Waals surface area contributed by atoms with E-state index in [0.717, 1.165) is 122 Å². The molecule has 0 atom stereocenters. The van der Waals surface area contributed by atoms with Crippen LogP contribution in [0.2, 0.25) is 19.6 Å². The highest BCUT2D eigenvalue weighted by molar-refractivity contribution is 9.26. The number of anilines is 6. The Hall–Kier alpha value is -7.28. The van der Waals surface area contributed by atoms with Gasteiger partial charge < -0.3 is 49.9 Å². The molecule has 0 saturated carbocycles. The Morgan fingerprint density at radius 1 is 0.548 bits per heavy atom. The lowest BCUT2D eigenvalue weighted by Gasteiger charge is -2.35. The number of halogens is 1. The lowest BCUT2D eigenvalue weighted by atomic mass is 10.1. The Labute approximate surface area is 554 Å². The first-order valence-corrected chi connectivity index (χ1v) is 40.4. The minimum Gasteiger partial charge on any atom is -0.324 e. The van der Waals surface area contributed by atoms with Crippen LogP contribution in [0.15, 0.2) is 159 Å². The van der Waals surface area contributed by atoms with Crippen LogP contribution >= 0.6 is 30.5 Å². The van der Waals surface area contributed by atoms with Gasteiger partial charge in [0.2, 0.25) is 11.9 Å². The van der Waals surface area contributed by atoms with Gasteiger partial charge in [-0.25, -0.2) is 19.9 Å². The number of aryl methyl sites for hydroxylation is 2. The average molecular weight is 1380 g/mol. The second-order valence-electron chi connectivity index (χ2n) is 23.5. The van der Waals surface area contributed by atoms with Crippen molar-refractivity contribution in [3.05, 3.63) is 192 Å². The molecule has 6 heterocycles. The van der Waals surface area contributed by atoms with Crippen LogP contribution in [0.5, 0.6) is 0 Å². The third kappa shape index (κ3) is 24.2. The van der Waals surface area contributed by atoms with Crippen LogP contribution in [0.4, 0.5) is 34.6 Å². The van der Waals surface area contributed by atoms with Crippen molar-refractivity contribution in [1.29, 1.82) is 0 Å². The number of carbonyl (C=O) groups excluding carboxylic acids is 2. The van der Waals surface area contributed by atoms with Gasteiger partial charge in [-0.2, -0.15) is 0 Å². The van der Waals surface area contributed by atoms with Gasteiger partial charge in [-0.3, -0.25) is 38.5 Å². The number of rotatable bonds is 24. The molecule has 0 spiro atoms. The molecule has 10 rings (SSSR count). The molecule has 8 aromatic rings. The number of hydrogen-bond donors (Lipinski definition) is 6. The summed E-state index contributed by atoms with van der Waals surface area (Å²) in [6.07, 6.45) is 10.7. The van der Waals surface area contributed by atoms with Gasteiger partial charge in [0, 0.05) is 161 Å². The maximum absolute atomic E-state index is 13.1. The summed E-state index contributed by atoms with van der Waals surface area (Å²) in [7, 11) is -6.99. The molecule has 2 amide bonds. The number of nitrogens with one attached hydrogen (secondary N) is 4. The second kappa shape index (κ2) is 34.7. The summed E-state index contributed by atoms with van der Waals surface area (Å²) >= 11 is 3.51. The molecular weight excluding hydrogens is 1300 g/mol. The lowest BCUT2D eigenvalue weighted by molar-refractivity contribution is 0.101.